The number of carbonyl (C=O) groups is 2. The number of benzene rings is 1. The van der Waals surface area contributed by atoms with Crippen molar-refractivity contribution < 1.29 is 19.1 Å². The summed E-state index contributed by atoms with van der Waals surface area (Å²) in [5, 5.41) is 2.66. The quantitative estimate of drug-likeness (QED) is 0.802. The van der Waals surface area contributed by atoms with Gasteiger partial charge >= 0.3 is 5.97 Å². The van der Waals surface area contributed by atoms with E-state index < -0.39 is 12.1 Å². The van der Waals surface area contributed by atoms with Crippen molar-refractivity contribution in [3.05, 3.63) is 24.3 Å². The highest BCUT2D eigenvalue weighted by atomic mass is 16.6. The van der Waals surface area contributed by atoms with Gasteiger partial charge in [0.15, 0.2) is 6.10 Å². The Balaban J connectivity index is 2.84. The van der Waals surface area contributed by atoms with Gasteiger partial charge in [-0.1, -0.05) is 19.1 Å². The lowest BCUT2D eigenvalue weighted by Crippen LogP contribution is -2.29. The van der Waals surface area contributed by atoms with Gasteiger partial charge in [-0.25, -0.2) is 4.79 Å². The Morgan fingerprint density at radius 3 is 2.53 bits per heavy atom. The molecule has 1 unspecified atom stereocenters. The number of hydrogen-bond donors (Lipinski definition) is 1. The van der Waals surface area contributed by atoms with Crippen molar-refractivity contribution in [3.8, 4) is 5.75 Å². The standard InChI is InChI=1S/C14H19NO4/c1-4-12(14(17)18-5-2)19-13-9-7-6-8-11(13)15-10(3)16/h6-9,12H,4-5H2,1-3H3,(H,15,16). The van der Waals surface area contributed by atoms with E-state index in [1.54, 1.807) is 31.2 Å². The largest absolute Gasteiger partial charge is 0.477 e. The van der Waals surface area contributed by atoms with E-state index in [0.29, 0.717) is 24.5 Å². The summed E-state index contributed by atoms with van der Waals surface area (Å²) in [4.78, 5) is 22.8. The molecule has 1 atom stereocenters. The Kier molecular flexibility index (Phi) is 5.85. The molecule has 0 saturated heterocycles. The van der Waals surface area contributed by atoms with Crippen LogP contribution in [0, 0.1) is 0 Å². The molecule has 1 aromatic rings. The minimum Gasteiger partial charge on any atom is -0.477 e. The van der Waals surface area contributed by atoms with Crippen LogP contribution in [0.4, 0.5) is 5.69 Å². The van der Waals surface area contributed by atoms with Crippen LogP contribution in [0.3, 0.4) is 0 Å². The molecular weight excluding hydrogens is 246 g/mol. The van der Waals surface area contributed by atoms with E-state index in [1.807, 2.05) is 6.92 Å². The first-order valence-corrected chi connectivity index (χ1v) is 6.28. The number of esters is 1. The van der Waals surface area contributed by atoms with Crippen LogP contribution in [0.25, 0.3) is 0 Å². The molecule has 0 aliphatic heterocycles. The zero-order valence-electron chi connectivity index (χ0n) is 11.4. The van der Waals surface area contributed by atoms with Crippen LogP contribution < -0.4 is 10.1 Å². The molecule has 0 fully saturated rings. The van der Waals surface area contributed by atoms with Crippen LogP contribution in [0.2, 0.25) is 0 Å². The van der Waals surface area contributed by atoms with Crippen molar-refractivity contribution in [2.75, 3.05) is 11.9 Å². The van der Waals surface area contributed by atoms with Gasteiger partial charge in [0.2, 0.25) is 5.91 Å². The fourth-order valence-corrected chi connectivity index (χ4v) is 1.55. The molecule has 0 bridgehead atoms. The number of amides is 1. The number of para-hydroxylation sites is 2. The average molecular weight is 265 g/mol. The first-order chi connectivity index (χ1) is 9.08. The lowest BCUT2D eigenvalue weighted by molar-refractivity contribution is -0.151. The van der Waals surface area contributed by atoms with Gasteiger partial charge in [0.25, 0.3) is 0 Å². The number of anilines is 1. The first kappa shape index (κ1) is 15.0. The third-order valence-electron chi connectivity index (χ3n) is 2.39. The van der Waals surface area contributed by atoms with Gasteiger partial charge in [-0.05, 0) is 25.5 Å². The Hall–Kier alpha value is -2.04. The van der Waals surface area contributed by atoms with E-state index in [0.717, 1.165) is 0 Å². The highest BCUT2D eigenvalue weighted by Crippen LogP contribution is 2.25. The third kappa shape index (κ3) is 4.62. The Morgan fingerprint density at radius 1 is 1.26 bits per heavy atom. The molecule has 1 N–H and O–H groups in total. The van der Waals surface area contributed by atoms with E-state index in [2.05, 4.69) is 5.32 Å². The number of rotatable bonds is 6. The Morgan fingerprint density at radius 2 is 1.95 bits per heavy atom. The minimum absolute atomic E-state index is 0.194. The first-order valence-electron chi connectivity index (χ1n) is 6.28. The number of carbonyl (C=O) groups excluding carboxylic acids is 2. The fourth-order valence-electron chi connectivity index (χ4n) is 1.55. The molecule has 0 aliphatic rings. The molecule has 0 aliphatic carbocycles. The molecule has 0 radical (unpaired) electrons. The van der Waals surface area contributed by atoms with E-state index in [4.69, 9.17) is 9.47 Å². The maximum Gasteiger partial charge on any atom is 0.347 e. The van der Waals surface area contributed by atoms with Crippen molar-refractivity contribution in [1.29, 1.82) is 0 Å². The Labute approximate surface area is 112 Å². The average Bonchev–Trinajstić information content (AvgIpc) is 2.37. The van der Waals surface area contributed by atoms with Crippen molar-refractivity contribution in [3.63, 3.8) is 0 Å². The second kappa shape index (κ2) is 7.41. The summed E-state index contributed by atoms with van der Waals surface area (Å²) in [5.41, 5.74) is 0.540. The van der Waals surface area contributed by atoms with E-state index in [-0.39, 0.29) is 5.91 Å². The van der Waals surface area contributed by atoms with Crippen LogP contribution in [0.15, 0.2) is 24.3 Å². The van der Waals surface area contributed by atoms with Crippen molar-refractivity contribution in [2.24, 2.45) is 0 Å². The monoisotopic (exact) mass is 265 g/mol. The normalized spacial score (nSPS) is 11.5. The molecular formula is C14H19NO4. The number of ether oxygens (including phenoxy) is 2. The van der Waals surface area contributed by atoms with Gasteiger partial charge in [-0.15, -0.1) is 0 Å². The molecule has 1 rings (SSSR count). The zero-order valence-corrected chi connectivity index (χ0v) is 11.4. The molecule has 1 aromatic carbocycles. The number of hydrogen-bond acceptors (Lipinski definition) is 4. The zero-order chi connectivity index (χ0) is 14.3. The fraction of sp³-hybridized carbons (Fsp3) is 0.429. The minimum atomic E-state index is -0.671. The van der Waals surface area contributed by atoms with Crippen LogP contribution in [-0.2, 0) is 14.3 Å². The van der Waals surface area contributed by atoms with Gasteiger partial charge in [-0.3, -0.25) is 4.79 Å². The van der Waals surface area contributed by atoms with Crippen LogP contribution in [0.1, 0.15) is 27.2 Å². The summed E-state index contributed by atoms with van der Waals surface area (Å²) in [6.45, 7) is 5.31. The molecule has 1 amide bonds. The third-order valence-corrected chi connectivity index (χ3v) is 2.39. The highest BCUT2D eigenvalue weighted by molar-refractivity contribution is 5.90. The summed E-state index contributed by atoms with van der Waals surface area (Å²) >= 11 is 0. The van der Waals surface area contributed by atoms with Gasteiger partial charge in [0.1, 0.15) is 5.75 Å². The van der Waals surface area contributed by atoms with Crippen LogP contribution in [-0.4, -0.2) is 24.6 Å². The summed E-state index contributed by atoms with van der Waals surface area (Å²) in [5.74, 6) is -0.138. The van der Waals surface area contributed by atoms with E-state index in [9.17, 15) is 9.59 Å². The van der Waals surface area contributed by atoms with Crippen molar-refractivity contribution >= 4 is 17.6 Å². The molecule has 5 nitrogen and oxygen atoms in total. The van der Waals surface area contributed by atoms with Crippen LogP contribution in [0.5, 0.6) is 5.75 Å². The Bertz CT molecular complexity index is 445. The van der Waals surface area contributed by atoms with Gasteiger partial charge in [0.05, 0.1) is 12.3 Å². The predicted molar refractivity (Wildman–Crippen MR) is 72.1 cm³/mol. The molecule has 104 valence electrons. The highest BCUT2D eigenvalue weighted by Gasteiger charge is 2.20. The number of nitrogens with one attached hydrogen (secondary N) is 1. The van der Waals surface area contributed by atoms with Gasteiger partial charge < -0.3 is 14.8 Å². The van der Waals surface area contributed by atoms with Gasteiger partial charge in [-0.2, -0.15) is 0 Å². The lowest BCUT2D eigenvalue weighted by atomic mass is 10.2. The van der Waals surface area contributed by atoms with Crippen molar-refractivity contribution in [1.82, 2.24) is 0 Å². The van der Waals surface area contributed by atoms with Crippen LogP contribution >= 0.6 is 0 Å². The van der Waals surface area contributed by atoms with Gasteiger partial charge in [0, 0.05) is 6.92 Å². The summed E-state index contributed by atoms with van der Waals surface area (Å²) in [6.07, 6.45) is -0.178. The molecule has 5 heteroatoms. The maximum atomic E-state index is 11.7. The summed E-state index contributed by atoms with van der Waals surface area (Å²) in [6, 6.07) is 6.98. The van der Waals surface area contributed by atoms with E-state index in [1.165, 1.54) is 6.92 Å². The van der Waals surface area contributed by atoms with E-state index >= 15 is 0 Å². The SMILES string of the molecule is CCOC(=O)C(CC)Oc1ccccc1NC(C)=O. The molecule has 0 aromatic heterocycles. The summed E-state index contributed by atoms with van der Waals surface area (Å²) < 4.78 is 10.6. The summed E-state index contributed by atoms with van der Waals surface area (Å²) in [7, 11) is 0. The molecule has 0 spiro atoms. The molecule has 0 saturated carbocycles. The lowest BCUT2D eigenvalue weighted by Gasteiger charge is -2.18. The second-order valence-corrected chi connectivity index (χ2v) is 3.94. The maximum absolute atomic E-state index is 11.7. The molecule has 19 heavy (non-hydrogen) atoms. The topological polar surface area (TPSA) is 64.6 Å². The second-order valence-electron chi connectivity index (χ2n) is 3.94. The van der Waals surface area contributed by atoms with Crippen molar-refractivity contribution in [2.45, 2.75) is 33.3 Å². The predicted octanol–water partition coefficient (Wildman–Crippen LogP) is 2.37. The smallest absolute Gasteiger partial charge is 0.347 e. The molecule has 0 heterocycles.